The summed E-state index contributed by atoms with van der Waals surface area (Å²) < 4.78 is 0. The zero-order valence-electron chi connectivity index (χ0n) is 13.0. The lowest BCUT2D eigenvalue weighted by Crippen LogP contribution is -2.25. The Labute approximate surface area is 111 Å². The molecule has 0 saturated heterocycles. The quantitative estimate of drug-likeness (QED) is 0.380. The summed E-state index contributed by atoms with van der Waals surface area (Å²) in [5.74, 6) is 8.31. The average molecular weight is 235 g/mol. The van der Waals surface area contributed by atoms with Crippen molar-refractivity contribution >= 4 is 7.28 Å². The molecule has 1 heteroatoms. The van der Waals surface area contributed by atoms with Gasteiger partial charge in [-0.3, -0.25) is 0 Å². The van der Waals surface area contributed by atoms with Gasteiger partial charge in [0.15, 0.2) is 0 Å². The second-order valence-corrected chi connectivity index (χ2v) is 4.04. The zero-order valence-corrected chi connectivity index (χ0v) is 13.0. The minimum atomic E-state index is 0.939. The molecule has 2 atom stereocenters. The molecule has 0 aromatic rings. The molecule has 2 aliphatic rings. The van der Waals surface area contributed by atoms with Gasteiger partial charge in [-0.2, -0.15) is 0 Å². The van der Waals surface area contributed by atoms with Crippen LogP contribution < -0.4 is 0 Å². The SMILES string of the molecule is CC.CC.CCC.[B]1CC#CCCC2CCC12. The number of hydrogen-bond acceptors (Lipinski definition) is 0. The Morgan fingerprint density at radius 3 is 2.00 bits per heavy atom. The van der Waals surface area contributed by atoms with E-state index >= 15 is 0 Å². The molecule has 1 fully saturated rings. The van der Waals surface area contributed by atoms with Gasteiger partial charge in [0.1, 0.15) is 7.28 Å². The standard InChI is InChI=1S/C9H12B.C3H8.2C2H6/c1-2-4-8-5-6-9(8)10-7-3-1;1-3-2;2*1-2/h8-9H,2,4-7H2;3H2,1-2H3;2*1-2H3. The minimum absolute atomic E-state index is 0.939. The van der Waals surface area contributed by atoms with Gasteiger partial charge in [-0.15, -0.1) is 11.8 Å². The van der Waals surface area contributed by atoms with Crippen molar-refractivity contribution in [3.63, 3.8) is 0 Å². The van der Waals surface area contributed by atoms with Crippen molar-refractivity contribution < 1.29 is 0 Å². The number of fused-ring (bicyclic) bond motifs is 1. The normalized spacial score (nSPS) is 23.4. The van der Waals surface area contributed by atoms with Gasteiger partial charge >= 0.3 is 0 Å². The van der Waals surface area contributed by atoms with Crippen molar-refractivity contribution in [3.05, 3.63) is 0 Å². The van der Waals surface area contributed by atoms with E-state index in [-0.39, 0.29) is 0 Å². The highest BCUT2D eigenvalue weighted by molar-refractivity contribution is 6.39. The lowest BCUT2D eigenvalue weighted by Gasteiger charge is -2.36. The fourth-order valence-electron chi connectivity index (χ4n) is 1.89. The Hall–Kier alpha value is -0.375. The van der Waals surface area contributed by atoms with Crippen LogP contribution in [0.15, 0.2) is 0 Å². The molecular formula is C16H32B. The van der Waals surface area contributed by atoms with E-state index in [1.165, 1.54) is 25.7 Å². The fourth-order valence-corrected chi connectivity index (χ4v) is 1.89. The first-order chi connectivity index (χ1) is 8.38. The predicted molar refractivity (Wildman–Crippen MR) is 82.7 cm³/mol. The van der Waals surface area contributed by atoms with E-state index < -0.39 is 0 Å². The third-order valence-electron chi connectivity index (χ3n) is 2.76. The average Bonchev–Trinajstić information content (AvgIpc) is 2.35. The smallest absolute Gasteiger partial charge is 0.112 e. The maximum absolute atomic E-state index is 3.19. The van der Waals surface area contributed by atoms with Gasteiger partial charge in [0.25, 0.3) is 0 Å². The van der Waals surface area contributed by atoms with Crippen LogP contribution in [0.5, 0.6) is 0 Å². The molecule has 0 bridgehead atoms. The summed E-state index contributed by atoms with van der Waals surface area (Å²) in [6, 6.07) is 0. The van der Waals surface area contributed by atoms with Gasteiger partial charge in [0.05, 0.1) is 0 Å². The maximum atomic E-state index is 3.19. The summed E-state index contributed by atoms with van der Waals surface area (Å²) in [4.78, 5) is 0. The lowest BCUT2D eigenvalue weighted by atomic mass is 9.48. The van der Waals surface area contributed by atoms with Crippen molar-refractivity contribution in [1.29, 1.82) is 0 Å². The second-order valence-electron chi connectivity index (χ2n) is 4.04. The Morgan fingerprint density at radius 2 is 1.53 bits per heavy atom. The van der Waals surface area contributed by atoms with Gasteiger partial charge in [-0.25, -0.2) is 0 Å². The first-order valence-electron chi connectivity index (χ1n) is 7.67. The Morgan fingerprint density at radius 1 is 0.941 bits per heavy atom. The maximum Gasteiger partial charge on any atom is 0.130 e. The summed E-state index contributed by atoms with van der Waals surface area (Å²) >= 11 is 0. The second kappa shape index (κ2) is 15.6. The molecule has 0 N–H and O–H groups in total. The van der Waals surface area contributed by atoms with E-state index in [9.17, 15) is 0 Å². The van der Waals surface area contributed by atoms with Gasteiger partial charge in [-0.1, -0.05) is 66.6 Å². The first-order valence-corrected chi connectivity index (χ1v) is 7.67. The molecule has 1 aliphatic heterocycles. The molecule has 0 aromatic carbocycles. The topological polar surface area (TPSA) is 0 Å². The minimum Gasteiger partial charge on any atom is -0.112 e. The Bertz CT molecular complexity index is 169. The lowest BCUT2D eigenvalue weighted by molar-refractivity contribution is 0.297. The summed E-state index contributed by atoms with van der Waals surface area (Å²) in [6.07, 6.45) is 7.69. The molecule has 1 heterocycles. The van der Waals surface area contributed by atoms with Crippen LogP contribution in [-0.2, 0) is 0 Å². The van der Waals surface area contributed by atoms with Crippen molar-refractivity contribution in [2.75, 3.05) is 0 Å². The van der Waals surface area contributed by atoms with Crippen molar-refractivity contribution in [1.82, 2.24) is 0 Å². The monoisotopic (exact) mass is 235 g/mol. The van der Waals surface area contributed by atoms with E-state index in [0.717, 1.165) is 24.5 Å². The van der Waals surface area contributed by atoms with Gasteiger partial charge in [0.2, 0.25) is 0 Å². The first kappa shape index (κ1) is 19.0. The molecule has 0 aromatic heterocycles. The number of hydrogen-bond donors (Lipinski definition) is 0. The van der Waals surface area contributed by atoms with Crippen LogP contribution in [0.3, 0.4) is 0 Å². The van der Waals surface area contributed by atoms with E-state index in [1.807, 2.05) is 27.7 Å². The molecule has 2 rings (SSSR count). The molecule has 2 unspecified atom stereocenters. The summed E-state index contributed by atoms with van der Waals surface area (Å²) in [6.45, 7) is 12.2. The highest BCUT2D eigenvalue weighted by Gasteiger charge is 2.29. The highest BCUT2D eigenvalue weighted by Crippen LogP contribution is 2.42. The van der Waals surface area contributed by atoms with Crippen LogP contribution in [0.1, 0.15) is 73.6 Å². The van der Waals surface area contributed by atoms with Crippen LogP contribution >= 0.6 is 0 Å². The molecule has 0 nitrogen and oxygen atoms in total. The molecule has 0 amide bonds. The van der Waals surface area contributed by atoms with Gasteiger partial charge in [0, 0.05) is 6.42 Å². The van der Waals surface area contributed by atoms with Crippen molar-refractivity contribution in [3.8, 4) is 11.8 Å². The molecule has 17 heavy (non-hydrogen) atoms. The molecule has 1 aliphatic carbocycles. The molecule has 1 saturated carbocycles. The third-order valence-corrected chi connectivity index (χ3v) is 2.76. The molecule has 0 spiro atoms. The fraction of sp³-hybridized carbons (Fsp3) is 0.875. The zero-order chi connectivity index (χ0) is 13.5. The van der Waals surface area contributed by atoms with Crippen LogP contribution in [0.2, 0.25) is 12.1 Å². The summed E-state index contributed by atoms with van der Waals surface area (Å²) in [7, 11) is 2.42. The van der Waals surface area contributed by atoms with Crippen molar-refractivity contribution in [2.24, 2.45) is 5.92 Å². The molecule has 99 valence electrons. The predicted octanol–water partition coefficient (Wildman–Crippen LogP) is 5.57. The van der Waals surface area contributed by atoms with Gasteiger partial charge < -0.3 is 0 Å². The van der Waals surface area contributed by atoms with Crippen molar-refractivity contribution in [2.45, 2.75) is 85.8 Å². The van der Waals surface area contributed by atoms with E-state index in [0.29, 0.717) is 0 Å². The molecule has 1 radical (unpaired) electrons. The Kier molecular flexibility index (Phi) is 17.4. The van der Waals surface area contributed by atoms with Crippen LogP contribution in [0, 0.1) is 17.8 Å². The van der Waals surface area contributed by atoms with Crippen LogP contribution in [-0.4, -0.2) is 7.28 Å². The van der Waals surface area contributed by atoms with Gasteiger partial charge in [-0.05, 0) is 18.7 Å². The van der Waals surface area contributed by atoms with E-state index in [4.69, 9.17) is 0 Å². The van der Waals surface area contributed by atoms with E-state index in [2.05, 4.69) is 33.0 Å². The highest BCUT2D eigenvalue weighted by atomic mass is 14.3. The van der Waals surface area contributed by atoms with Crippen LogP contribution in [0.4, 0.5) is 0 Å². The summed E-state index contributed by atoms with van der Waals surface area (Å²) in [5.41, 5.74) is 0. The third kappa shape index (κ3) is 9.34. The number of rotatable bonds is 0. The van der Waals surface area contributed by atoms with E-state index in [1.54, 1.807) is 0 Å². The van der Waals surface area contributed by atoms with Crippen LogP contribution in [0.25, 0.3) is 0 Å². The Balaban J connectivity index is 0. The largest absolute Gasteiger partial charge is 0.130 e. The molecular weight excluding hydrogens is 203 g/mol. The summed E-state index contributed by atoms with van der Waals surface area (Å²) in [5, 5.41) is 0.